The van der Waals surface area contributed by atoms with Crippen LogP contribution < -0.4 is 16.0 Å². The lowest BCUT2D eigenvalue weighted by atomic mass is 10.0. The van der Waals surface area contributed by atoms with Crippen LogP contribution in [0.5, 0.6) is 0 Å². The van der Waals surface area contributed by atoms with Crippen LogP contribution in [0.3, 0.4) is 0 Å². The molecule has 1 aromatic carbocycles. The van der Waals surface area contributed by atoms with Gasteiger partial charge in [-0.1, -0.05) is 30.3 Å². The number of ether oxygens (including phenoxy) is 2. The average Bonchev–Trinajstić information content (AvgIpc) is 3.59. The van der Waals surface area contributed by atoms with Gasteiger partial charge in [-0.05, 0) is 53.0 Å². The van der Waals surface area contributed by atoms with Gasteiger partial charge in [0.2, 0.25) is 11.8 Å². The highest BCUT2D eigenvalue weighted by molar-refractivity contribution is 5.98. The number of nitrogens with zero attached hydrogens (tertiary/aromatic N) is 3. The predicted molar refractivity (Wildman–Crippen MR) is 160 cm³/mol. The van der Waals surface area contributed by atoms with Gasteiger partial charge >= 0.3 is 6.09 Å². The normalized spacial score (nSPS) is 15.9. The molecule has 1 saturated heterocycles. The first kappa shape index (κ1) is 34.5. The van der Waals surface area contributed by atoms with E-state index in [1.54, 1.807) is 30.2 Å². The molecular weight excluding hydrogens is 572 g/mol. The molecule has 4 amide bonds. The molecule has 14 nitrogen and oxygen atoms in total. The summed E-state index contributed by atoms with van der Waals surface area (Å²) in [5.74, 6) is -1.13. The topological polar surface area (TPSA) is 162 Å². The van der Waals surface area contributed by atoms with E-state index in [1.807, 2.05) is 30.3 Å². The third-order valence-electron chi connectivity index (χ3n) is 6.68. The third-order valence-corrected chi connectivity index (χ3v) is 6.68. The molecule has 1 unspecified atom stereocenters. The van der Waals surface area contributed by atoms with Crippen molar-refractivity contribution in [1.29, 1.82) is 0 Å². The van der Waals surface area contributed by atoms with E-state index >= 15 is 0 Å². The van der Waals surface area contributed by atoms with Crippen molar-refractivity contribution in [3.8, 4) is 0 Å². The molecule has 2 heterocycles. The molecule has 0 spiro atoms. The van der Waals surface area contributed by atoms with Gasteiger partial charge in [0.15, 0.2) is 5.82 Å². The van der Waals surface area contributed by atoms with Crippen molar-refractivity contribution in [3.05, 3.63) is 48.4 Å². The van der Waals surface area contributed by atoms with Gasteiger partial charge in [-0.3, -0.25) is 14.4 Å². The maximum Gasteiger partial charge on any atom is 0.408 e. The second-order valence-corrected chi connectivity index (χ2v) is 12.0. The maximum atomic E-state index is 13.3. The number of alkyl carbamates (subject to hydrolysis) is 1. The summed E-state index contributed by atoms with van der Waals surface area (Å²) in [5, 5.41) is 7.88. The summed E-state index contributed by atoms with van der Waals surface area (Å²) >= 11 is 0. The van der Waals surface area contributed by atoms with Crippen LogP contribution in [-0.2, 0) is 46.8 Å². The highest BCUT2D eigenvalue weighted by Crippen LogP contribution is 2.19. The lowest BCUT2D eigenvalue weighted by molar-refractivity contribution is -0.278. The molecule has 1 fully saturated rings. The van der Waals surface area contributed by atoms with Crippen LogP contribution in [0, 0.1) is 0 Å². The summed E-state index contributed by atoms with van der Waals surface area (Å²) in [6, 6.07) is 8.17. The van der Waals surface area contributed by atoms with E-state index in [0.717, 1.165) is 18.4 Å². The van der Waals surface area contributed by atoms with E-state index in [4.69, 9.17) is 14.4 Å². The Kier molecular flexibility index (Phi) is 12.3. The molecule has 2 aromatic rings. The zero-order chi connectivity index (χ0) is 32.3. The van der Waals surface area contributed by atoms with Gasteiger partial charge in [-0.25, -0.2) is 19.6 Å². The van der Waals surface area contributed by atoms with Crippen LogP contribution >= 0.6 is 0 Å². The third kappa shape index (κ3) is 10.9. The number of carbonyl (C=O) groups excluding carboxylic acids is 4. The Morgan fingerprint density at radius 1 is 1.09 bits per heavy atom. The molecule has 2 atom stereocenters. The second kappa shape index (κ2) is 15.6. The summed E-state index contributed by atoms with van der Waals surface area (Å²) in [5.41, 5.74) is -1.28. The number of hydrogen-bond acceptors (Lipinski definition) is 9. The van der Waals surface area contributed by atoms with Gasteiger partial charge in [0.1, 0.15) is 30.3 Å². The fourth-order valence-corrected chi connectivity index (χ4v) is 4.46. The number of rotatable bonds is 14. The van der Waals surface area contributed by atoms with E-state index < -0.39 is 35.1 Å². The molecule has 3 rings (SSSR count). The Hall–Kier alpha value is -4.01. The maximum absolute atomic E-state index is 13.3. The monoisotopic (exact) mass is 616 g/mol. The lowest BCUT2D eigenvalue weighted by Gasteiger charge is -2.29. The summed E-state index contributed by atoms with van der Waals surface area (Å²) in [6.07, 6.45) is 3.90. The average molecular weight is 617 g/mol. The number of anilines is 1. The number of carbonyl (C=O) groups is 4. The van der Waals surface area contributed by atoms with E-state index in [0.29, 0.717) is 6.54 Å². The Balaban J connectivity index is 1.64. The van der Waals surface area contributed by atoms with E-state index in [-0.39, 0.29) is 44.1 Å². The summed E-state index contributed by atoms with van der Waals surface area (Å²) in [4.78, 5) is 67.5. The molecule has 0 bridgehead atoms. The minimum absolute atomic E-state index is 0.0250. The largest absolute Gasteiger partial charge is 0.444 e. The fraction of sp³-hybridized carbons (Fsp3) is 0.567. The molecule has 3 N–H and O–H groups in total. The minimum Gasteiger partial charge on any atom is -0.444 e. The van der Waals surface area contributed by atoms with Crippen molar-refractivity contribution in [2.45, 2.75) is 83.8 Å². The van der Waals surface area contributed by atoms with Crippen LogP contribution in [0.2, 0.25) is 0 Å². The van der Waals surface area contributed by atoms with Crippen LogP contribution in [0.1, 0.15) is 53.0 Å². The van der Waals surface area contributed by atoms with Crippen LogP contribution in [0.15, 0.2) is 42.9 Å². The number of benzene rings is 1. The Bertz CT molecular complexity index is 1260. The molecule has 1 aliphatic heterocycles. The van der Waals surface area contributed by atoms with Gasteiger partial charge < -0.3 is 34.9 Å². The SMILES string of the molecule is COOCC1CCCN1C(=O)Cn1cnc(NC(=O)[C@@H](COCc2ccccc2)NC(=O)C(C)(C)NC(=O)OC(C)(C)C)c1. The first-order chi connectivity index (χ1) is 20.8. The Morgan fingerprint density at radius 2 is 1.82 bits per heavy atom. The number of aromatic nitrogens is 2. The molecule has 0 saturated carbocycles. The molecule has 1 aliphatic rings. The number of imidazole rings is 1. The lowest BCUT2D eigenvalue weighted by Crippen LogP contribution is -2.59. The molecule has 14 heteroatoms. The van der Waals surface area contributed by atoms with Crippen LogP contribution in [-0.4, -0.2) is 88.4 Å². The smallest absolute Gasteiger partial charge is 0.408 e. The zero-order valence-electron chi connectivity index (χ0n) is 26.3. The highest BCUT2D eigenvalue weighted by atomic mass is 17.2. The fourth-order valence-electron chi connectivity index (χ4n) is 4.46. The molecule has 242 valence electrons. The van der Waals surface area contributed by atoms with Gasteiger partial charge in [0, 0.05) is 12.7 Å². The van der Waals surface area contributed by atoms with Gasteiger partial charge in [-0.2, -0.15) is 0 Å². The first-order valence-electron chi connectivity index (χ1n) is 14.5. The minimum atomic E-state index is -1.41. The van der Waals surface area contributed by atoms with Crippen molar-refractivity contribution in [2.75, 3.05) is 32.2 Å². The van der Waals surface area contributed by atoms with Gasteiger partial charge in [0.25, 0.3) is 5.91 Å². The molecule has 0 radical (unpaired) electrons. The predicted octanol–water partition coefficient (Wildman–Crippen LogP) is 2.40. The molecule has 0 aliphatic carbocycles. The van der Waals surface area contributed by atoms with Crippen LogP contribution in [0.4, 0.5) is 10.6 Å². The van der Waals surface area contributed by atoms with Crippen molar-refractivity contribution < 1.29 is 38.4 Å². The van der Waals surface area contributed by atoms with Crippen LogP contribution in [0.25, 0.3) is 0 Å². The Morgan fingerprint density at radius 3 is 2.50 bits per heavy atom. The first-order valence-corrected chi connectivity index (χ1v) is 14.5. The second-order valence-electron chi connectivity index (χ2n) is 12.0. The molecule has 44 heavy (non-hydrogen) atoms. The van der Waals surface area contributed by atoms with E-state index in [9.17, 15) is 19.2 Å². The number of nitrogens with one attached hydrogen (secondary N) is 3. The van der Waals surface area contributed by atoms with Crippen molar-refractivity contribution in [1.82, 2.24) is 25.1 Å². The van der Waals surface area contributed by atoms with Crippen molar-refractivity contribution in [3.63, 3.8) is 0 Å². The van der Waals surface area contributed by atoms with E-state index in [1.165, 1.54) is 33.5 Å². The number of hydrogen-bond donors (Lipinski definition) is 3. The van der Waals surface area contributed by atoms with E-state index in [2.05, 4.69) is 25.8 Å². The quantitative estimate of drug-likeness (QED) is 0.214. The standard InChI is InChI=1S/C30H44N6O8/c1-29(2,3)44-28(40)34-30(4,5)27(39)32-23(19-42-17-21-11-8-7-9-12-21)26(38)33-24-15-35(20-31-24)16-25(37)36-14-10-13-22(36)18-43-41-6/h7-9,11-12,15,20,22-23H,10,13-14,16-19H2,1-6H3,(H,32,39)(H,33,38)(H,34,40)/t22?,23-/m1/s1. The number of likely N-dealkylation sites (tertiary alicyclic amines) is 1. The van der Waals surface area contributed by atoms with Crippen molar-refractivity contribution >= 4 is 29.6 Å². The molecular formula is C30H44N6O8. The van der Waals surface area contributed by atoms with Crippen molar-refractivity contribution in [2.24, 2.45) is 0 Å². The van der Waals surface area contributed by atoms with Gasteiger partial charge in [0.05, 0.1) is 32.7 Å². The summed E-state index contributed by atoms with van der Waals surface area (Å²) in [6.45, 7) is 9.12. The highest BCUT2D eigenvalue weighted by Gasteiger charge is 2.35. The summed E-state index contributed by atoms with van der Waals surface area (Å²) < 4.78 is 12.6. The molecule has 1 aromatic heterocycles. The van der Waals surface area contributed by atoms with Gasteiger partial charge in [-0.15, -0.1) is 0 Å². The zero-order valence-corrected chi connectivity index (χ0v) is 26.3. The Labute approximate surface area is 257 Å². The number of amides is 4. The summed E-state index contributed by atoms with van der Waals surface area (Å²) in [7, 11) is 1.43.